The summed E-state index contributed by atoms with van der Waals surface area (Å²) in [5.74, 6) is -0.286. The minimum atomic E-state index is -3.66. The van der Waals surface area contributed by atoms with Crippen molar-refractivity contribution in [1.29, 1.82) is 0 Å². The van der Waals surface area contributed by atoms with Gasteiger partial charge in [0.05, 0.1) is 11.4 Å². The molecule has 0 aliphatic heterocycles. The second-order valence-corrected chi connectivity index (χ2v) is 6.54. The number of aryl methyl sites for hydroxylation is 3. The van der Waals surface area contributed by atoms with Gasteiger partial charge in [-0.25, -0.2) is 13.1 Å². The molecule has 5 nitrogen and oxygen atoms in total. The smallest absolute Gasteiger partial charge is 0.241 e. The molecular weight excluding hydrogens is 264 g/mol. The van der Waals surface area contributed by atoms with E-state index >= 15 is 0 Å². The van der Waals surface area contributed by atoms with Crippen molar-refractivity contribution in [1.82, 2.24) is 9.62 Å². The average Bonchev–Trinajstić information content (AvgIpc) is 2.23. The van der Waals surface area contributed by atoms with E-state index < -0.39 is 10.0 Å². The maximum absolute atomic E-state index is 12.2. The predicted molar refractivity (Wildman–Crippen MR) is 74.5 cm³/mol. The quantitative estimate of drug-likeness (QED) is 0.896. The van der Waals surface area contributed by atoms with Crippen LogP contribution in [0.3, 0.4) is 0 Å². The van der Waals surface area contributed by atoms with Gasteiger partial charge in [-0.15, -0.1) is 0 Å². The van der Waals surface area contributed by atoms with Gasteiger partial charge in [0.25, 0.3) is 0 Å². The first-order chi connectivity index (χ1) is 8.65. The Morgan fingerprint density at radius 1 is 1.16 bits per heavy atom. The van der Waals surface area contributed by atoms with Gasteiger partial charge in [0.1, 0.15) is 0 Å². The molecule has 0 saturated heterocycles. The lowest BCUT2D eigenvalue weighted by Crippen LogP contribution is -2.36. The molecule has 0 atom stereocenters. The first kappa shape index (κ1) is 15.7. The molecule has 1 rings (SSSR count). The number of benzene rings is 1. The number of amides is 1. The van der Waals surface area contributed by atoms with Gasteiger partial charge in [0.15, 0.2) is 0 Å². The van der Waals surface area contributed by atoms with Gasteiger partial charge in [-0.1, -0.05) is 17.7 Å². The second-order valence-electron chi connectivity index (χ2n) is 4.84. The van der Waals surface area contributed by atoms with Crippen LogP contribution in [0.15, 0.2) is 17.0 Å². The van der Waals surface area contributed by atoms with Crippen LogP contribution in [0.25, 0.3) is 0 Å². The molecule has 1 N–H and O–H groups in total. The Labute approximate surface area is 114 Å². The van der Waals surface area contributed by atoms with E-state index in [-0.39, 0.29) is 17.3 Å². The molecule has 6 heteroatoms. The van der Waals surface area contributed by atoms with Crippen LogP contribution in [-0.4, -0.2) is 39.9 Å². The van der Waals surface area contributed by atoms with Gasteiger partial charge in [-0.2, -0.15) is 0 Å². The molecule has 0 bridgehead atoms. The van der Waals surface area contributed by atoms with Crippen LogP contribution in [0.1, 0.15) is 16.7 Å². The largest absolute Gasteiger partial charge is 0.348 e. The first-order valence-corrected chi connectivity index (χ1v) is 7.41. The van der Waals surface area contributed by atoms with Gasteiger partial charge in [-0.3, -0.25) is 4.79 Å². The SMILES string of the molecule is Cc1cc(C)c(S(=O)(=O)NCC(=O)N(C)C)c(C)c1. The van der Waals surface area contributed by atoms with Gasteiger partial charge >= 0.3 is 0 Å². The number of carbonyl (C=O) groups is 1. The van der Waals surface area contributed by atoms with E-state index in [1.807, 2.05) is 19.1 Å². The third-order valence-electron chi connectivity index (χ3n) is 2.79. The number of nitrogens with zero attached hydrogens (tertiary/aromatic N) is 1. The molecule has 0 heterocycles. The van der Waals surface area contributed by atoms with Crippen molar-refractivity contribution in [3.63, 3.8) is 0 Å². The summed E-state index contributed by atoms with van der Waals surface area (Å²) in [6.45, 7) is 5.19. The minimum absolute atomic E-state index is 0.234. The van der Waals surface area contributed by atoms with Crippen molar-refractivity contribution in [3.05, 3.63) is 28.8 Å². The Kier molecular flexibility index (Phi) is 4.70. The lowest BCUT2D eigenvalue weighted by atomic mass is 10.1. The van der Waals surface area contributed by atoms with Crippen LogP contribution in [0, 0.1) is 20.8 Å². The summed E-state index contributed by atoms with van der Waals surface area (Å²) >= 11 is 0. The normalized spacial score (nSPS) is 11.4. The van der Waals surface area contributed by atoms with Crippen molar-refractivity contribution in [2.45, 2.75) is 25.7 Å². The highest BCUT2D eigenvalue weighted by Gasteiger charge is 2.20. The Morgan fingerprint density at radius 2 is 1.63 bits per heavy atom. The number of nitrogens with one attached hydrogen (secondary N) is 1. The number of sulfonamides is 1. The van der Waals surface area contributed by atoms with Gasteiger partial charge in [0.2, 0.25) is 15.9 Å². The van der Waals surface area contributed by atoms with E-state index in [1.54, 1.807) is 27.9 Å². The van der Waals surface area contributed by atoms with E-state index in [1.165, 1.54) is 4.90 Å². The fourth-order valence-corrected chi connectivity index (χ4v) is 3.40. The van der Waals surface area contributed by atoms with Crippen molar-refractivity contribution < 1.29 is 13.2 Å². The van der Waals surface area contributed by atoms with E-state index in [9.17, 15) is 13.2 Å². The van der Waals surface area contributed by atoms with E-state index in [0.29, 0.717) is 11.1 Å². The van der Waals surface area contributed by atoms with Crippen LogP contribution < -0.4 is 4.72 Å². The molecule has 1 aromatic rings. The van der Waals surface area contributed by atoms with Crippen LogP contribution in [-0.2, 0) is 14.8 Å². The molecule has 0 spiro atoms. The zero-order valence-corrected chi connectivity index (χ0v) is 12.8. The molecule has 1 amide bonds. The monoisotopic (exact) mass is 284 g/mol. The molecule has 19 heavy (non-hydrogen) atoms. The number of hydrogen-bond donors (Lipinski definition) is 1. The fraction of sp³-hybridized carbons (Fsp3) is 0.462. The molecule has 0 radical (unpaired) electrons. The molecule has 0 saturated carbocycles. The first-order valence-electron chi connectivity index (χ1n) is 5.93. The molecule has 0 aromatic heterocycles. The summed E-state index contributed by atoms with van der Waals surface area (Å²) in [7, 11) is -0.500. The Morgan fingerprint density at radius 3 is 2.05 bits per heavy atom. The van der Waals surface area contributed by atoms with Crippen LogP contribution in [0.4, 0.5) is 0 Å². The molecule has 1 aromatic carbocycles. The lowest BCUT2D eigenvalue weighted by molar-refractivity contribution is -0.127. The summed E-state index contributed by atoms with van der Waals surface area (Å²) in [6.07, 6.45) is 0. The number of carbonyl (C=O) groups excluding carboxylic acids is 1. The number of hydrogen-bond acceptors (Lipinski definition) is 3. The highest BCUT2D eigenvalue weighted by atomic mass is 32.2. The summed E-state index contributed by atoms with van der Waals surface area (Å²) in [6, 6.07) is 3.63. The highest BCUT2D eigenvalue weighted by molar-refractivity contribution is 7.89. The third-order valence-corrected chi connectivity index (χ3v) is 4.49. The number of rotatable bonds is 4. The lowest BCUT2D eigenvalue weighted by Gasteiger charge is -2.14. The van der Waals surface area contributed by atoms with E-state index in [2.05, 4.69) is 4.72 Å². The molecular formula is C13H20N2O3S. The summed E-state index contributed by atoms with van der Waals surface area (Å²) in [4.78, 5) is 13.0. The van der Waals surface area contributed by atoms with Crippen LogP contribution in [0.2, 0.25) is 0 Å². The molecule has 106 valence electrons. The third kappa shape index (κ3) is 3.78. The van der Waals surface area contributed by atoms with Crippen molar-refractivity contribution in [2.24, 2.45) is 0 Å². The van der Waals surface area contributed by atoms with Crippen LogP contribution in [0.5, 0.6) is 0 Å². The van der Waals surface area contributed by atoms with Gasteiger partial charge in [-0.05, 0) is 31.9 Å². The molecule has 0 aliphatic rings. The maximum Gasteiger partial charge on any atom is 0.241 e. The average molecular weight is 284 g/mol. The summed E-state index contributed by atoms with van der Waals surface area (Å²) in [5, 5.41) is 0. The van der Waals surface area contributed by atoms with Crippen molar-refractivity contribution in [3.8, 4) is 0 Å². The van der Waals surface area contributed by atoms with Crippen LogP contribution >= 0.6 is 0 Å². The molecule has 0 unspecified atom stereocenters. The van der Waals surface area contributed by atoms with E-state index in [0.717, 1.165) is 5.56 Å². The van der Waals surface area contributed by atoms with E-state index in [4.69, 9.17) is 0 Å². The standard InChI is InChI=1S/C13H20N2O3S/c1-9-6-10(2)13(11(3)7-9)19(17,18)14-8-12(16)15(4)5/h6-7,14H,8H2,1-5H3. The Hall–Kier alpha value is -1.40. The van der Waals surface area contributed by atoms with Gasteiger partial charge < -0.3 is 4.90 Å². The predicted octanol–water partition coefficient (Wildman–Crippen LogP) is 0.978. The molecule has 0 fully saturated rings. The summed E-state index contributed by atoms with van der Waals surface area (Å²) in [5.41, 5.74) is 2.38. The maximum atomic E-state index is 12.2. The zero-order chi connectivity index (χ0) is 14.8. The summed E-state index contributed by atoms with van der Waals surface area (Å²) < 4.78 is 26.8. The Bertz CT molecular complexity index is 569. The molecule has 0 aliphatic carbocycles. The zero-order valence-electron chi connectivity index (χ0n) is 11.9. The van der Waals surface area contributed by atoms with Crippen molar-refractivity contribution in [2.75, 3.05) is 20.6 Å². The topological polar surface area (TPSA) is 66.5 Å². The minimum Gasteiger partial charge on any atom is -0.348 e. The Balaban J connectivity index is 3.05. The van der Waals surface area contributed by atoms with Gasteiger partial charge in [0, 0.05) is 14.1 Å². The second kappa shape index (κ2) is 5.71. The fourth-order valence-electron chi connectivity index (χ4n) is 1.98. The van der Waals surface area contributed by atoms with Crippen molar-refractivity contribution >= 4 is 15.9 Å². The highest BCUT2D eigenvalue weighted by Crippen LogP contribution is 2.21. The number of likely N-dealkylation sites (N-methyl/N-ethyl adjacent to an activating group) is 1.